The molecule has 1 saturated heterocycles. The summed E-state index contributed by atoms with van der Waals surface area (Å²) in [6.07, 6.45) is 1.54. The van der Waals surface area contributed by atoms with Gasteiger partial charge < -0.3 is 14.2 Å². The van der Waals surface area contributed by atoms with Gasteiger partial charge in [-0.1, -0.05) is 5.16 Å². The molecule has 0 N–H and O–H groups in total. The number of anilines is 1. The molecule has 3 rings (SSSR count). The Morgan fingerprint density at radius 1 is 1.19 bits per heavy atom. The van der Waals surface area contributed by atoms with Crippen LogP contribution in [-0.4, -0.2) is 53.3 Å². The highest BCUT2D eigenvalue weighted by atomic mass is 16.5. The third-order valence-electron chi connectivity index (χ3n) is 3.60. The van der Waals surface area contributed by atoms with Crippen molar-refractivity contribution < 1.29 is 9.26 Å². The average Bonchev–Trinajstić information content (AvgIpc) is 2.93. The van der Waals surface area contributed by atoms with Crippen LogP contribution in [0.1, 0.15) is 11.5 Å². The number of rotatable bonds is 4. The van der Waals surface area contributed by atoms with E-state index in [9.17, 15) is 0 Å². The maximum absolute atomic E-state index is 5.14. The lowest BCUT2D eigenvalue weighted by atomic mass is 10.2. The van der Waals surface area contributed by atoms with Crippen LogP contribution in [0, 0.1) is 6.92 Å². The smallest absolute Gasteiger partial charge is 0.218 e. The Labute approximate surface area is 123 Å². The van der Waals surface area contributed by atoms with Crippen molar-refractivity contribution in [1.82, 2.24) is 20.0 Å². The molecule has 0 unspecified atom stereocenters. The molecule has 1 fully saturated rings. The Hall–Kier alpha value is -2.15. The van der Waals surface area contributed by atoms with E-state index in [-0.39, 0.29) is 0 Å². The van der Waals surface area contributed by atoms with E-state index in [1.165, 1.54) is 0 Å². The zero-order chi connectivity index (χ0) is 14.7. The highest BCUT2D eigenvalue weighted by molar-refractivity contribution is 5.41. The summed E-state index contributed by atoms with van der Waals surface area (Å²) in [4.78, 5) is 13.0. The van der Waals surface area contributed by atoms with Gasteiger partial charge >= 0.3 is 0 Å². The number of aromatic nitrogens is 3. The first-order valence-electron chi connectivity index (χ1n) is 7.00. The van der Waals surface area contributed by atoms with Crippen LogP contribution in [0.5, 0.6) is 5.88 Å². The van der Waals surface area contributed by atoms with Gasteiger partial charge in [0.25, 0.3) is 0 Å². The minimum Gasteiger partial charge on any atom is -0.481 e. The number of piperazine rings is 1. The molecule has 0 bridgehead atoms. The molecule has 112 valence electrons. The first-order chi connectivity index (χ1) is 10.2. The lowest BCUT2D eigenvalue weighted by Gasteiger charge is -2.34. The zero-order valence-electron chi connectivity index (χ0n) is 12.3. The van der Waals surface area contributed by atoms with Crippen molar-refractivity contribution in [3.8, 4) is 5.88 Å². The topological polar surface area (TPSA) is 67.5 Å². The van der Waals surface area contributed by atoms with E-state index >= 15 is 0 Å². The predicted molar refractivity (Wildman–Crippen MR) is 77.3 cm³/mol. The minimum atomic E-state index is 0.598. The summed E-state index contributed by atoms with van der Waals surface area (Å²) in [7, 11) is 1.62. The molecule has 1 aliphatic heterocycles. The molecule has 2 aromatic heterocycles. The first-order valence-corrected chi connectivity index (χ1v) is 7.00. The van der Waals surface area contributed by atoms with Crippen LogP contribution in [0.15, 0.2) is 23.0 Å². The van der Waals surface area contributed by atoms with Crippen LogP contribution in [0.25, 0.3) is 0 Å². The summed E-state index contributed by atoms with van der Waals surface area (Å²) in [5.74, 6) is 2.37. The highest BCUT2D eigenvalue weighted by Gasteiger charge is 2.19. The maximum Gasteiger partial charge on any atom is 0.218 e. The molecular formula is C14H19N5O2. The van der Waals surface area contributed by atoms with Crippen LogP contribution in [0.3, 0.4) is 0 Å². The normalized spacial score (nSPS) is 16.2. The molecule has 0 amide bonds. The van der Waals surface area contributed by atoms with Crippen LogP contribution in [0.4, 0.5) is 5.82 Å². The van der Waals surface area contributed by atoms with E-state index in [4.69, 9.17) is 9.26 Å². The lowest BCUT2D eigenvalue weighted by molar-refractivity contribution is 0.241. The largest absolute Gasteiger partial charge is 0.481 e. The Morgan fingerprint density at radius 2 is 2.00 bits per heavy atom. The molecule has 0 radical (unpaired) electrons. The van der Waals surface area contributed by atoms with Gasteiger partial charge in [-0.2, -0.15) is 0 Å². The number of hydrogen-bond donors (Lipinski definition) is 0. The number of ether oxygens (including phenoxy) is 1. The average molecular weight is 289 g/mol. The Bertz CT molecular complexity index is 593. The third-order valence-corrected chi connectivity index (χ3v) is 3.60. The van der Waals surface area contributed by atoms with Gasteiger partial charge in [-0.25, -0.2) is 9.97 Å². The van der Waals surface area contributed by atoms with E-state index in [0.717, 1.165) is 50.0 Å². The van der Waals surface area contributed by atoms with Crippen LogP contribution < -0.4 is 9.64 Å². The second-order valence-electron chi connectivity index (χ2n) is 5.11. The van der Waals surface area contributed by atoms with Crippen molar-refractivity contribution in [3.63, 3.8) is 0 Å². The molecule has 0 atom stereocenters. The van der Waals surface area contributed by atoms with E-state index in [2.05, 4.69) is 24.9 Å². The quantitative estimate of drug-likeness (QED) is 0.835. The van der Waals surface area contributed by atoms with Gasteiger partial charge in [0.1, 0.15) is 17.9 Å². The second kappa shape index (κ2) is 6.09. The number of hydrogen-bond acceptors (Lipinski definition) is 7. The van der Waals surface area contributed by atoms with Crippen LogP contribution in [0.2, 0.25) is 0 Å². The van der Waals surface area contributed by atoms with Crippen molar-refractivity contribution in [2.75, 3.05) is 38.2 Å². The Kier molecular flexibility index (Phi) is 4.01. The standard InChI is InChI=1S/C14H19N5O2/c1-11-7-12(17-21-11)9-18-3-5-19(6-4-18)13-8-14(20-2)16-10-15-13/h7-8,10H,3-6,9H2,1-2H3. The van der Waals surface area contributed by atoms with Crippen molar-refractivity contribution in [3.05, 3.63) is 29.9 Å². The monoisotopic (exact) mass is 289 g/mol. The molecule has 0 spiro atoms. The van der Waals surface area contributed by atoms with Crippen molar-refractivity contribution in [1.29, 1.82) is 0 Å². The molecule has 0 saturated carbocycles. The Balaban J connectivity index is 1.57. The second-order valence-corrected chi connectivity index (χ2v) is 5.11. The highest BCUT2D eigenvalue weighted by Crippen LogP contribution is 2.18. The fraction of sp³-hybridized carbons (Fsp3) is 0.500. The van der Waals surface area contributed by atoms with Crippen molar-refractivity contribution in [2.24, 2.45) is 0 Å². The first kappa shape index (κ1) is 13.8. The molecule has 0 aromatic carbocycles. The molecule has 7 nitrogen and oxygen atoms in total. The summed E-state index contributed by atoms with van der Waals surface area (Å²) in [6, 6.07) is 3.86. The fourth-order valence-electron chi connectivity index (χ4n) is 2.47. The van der Waals surface area contributed by atoms with E-state index < -0.39 is 0 Å². The van der Waals surface area contributed by atoms with Gasteiger partial charge in [0.2, 0.25) is 5.88 Å². The van der Waals surface area contributed by atoms with Gasteiger partial charge in [0, 0.05) is 44.9 Å². The van der Waals surface area contributed by atoms with E-state index in [1.807, 2.05) is 19.1 Å². The van der Waals surface area contributed by atoms with Crippen LogP contribution >= 0.6 is 0 Å². The molecule has 1 aliphatic rings. The molecule has 7 heteroatoms. The molecule has 21 heavy (non-hydrogen) atoms. The van der Waals surface area contributed by atoms with Gasteiger partial charge in [-0.15, -0.1) is 0 Å². The minimum absolute atomic E-state index is 0.598. The SMILES string of the molecule is COc1cc(N2CCN(Cc3cc(C)on3)CC2)ncn1. The van der Waals surface area contributed by atoms with Gasteiger partial charge in [-0.3, -0.25) is 4.90 Å². The summed E-state index contributed by atoms with van der Waals surface area (Å²) in [6.45, 7) is 6.54. The molecule has 0 aliphatic carbocycles. The number of aryl methyl sites for hydroxylation is 1. The van der Waals surface area contributed by atoms with E-state index in [1.54, 1.807) is 13.4 Å². The molecule has 2 aromatic rings. The van der Waals surface area contributed by atoms with E-state index in [0.29, 0.717) is 5.88 Å². The lowest BCUT2D eigenvalue weighted by Crippen LogP contribution is -2.46. The van der Waals surface area contributed by atoms with Gasteiger partial charge in [0.15, 0.2) is 0 Å². The summed E-state index contributed by atoms with van der Waals surface area (Å²) in [5.41, 5.74) is 0.990. The number of methoxy groups -OCH3 is 1. The maximum atomic E-state index is 5.14. The van der Waals surface area contributed by atoms with Crippen molar-refractivity contribution >= 4 is 5.82 Å². The van der Waals surface area contributed by atoms with Crippen molar-refractivity contribution in [2.45, 2.75) is 13.5 Å². The predicted octanol–water partition coefficient (Wildman–Crippen LogP) is 1.10. The summed E-state index contributed by atoms with van der Waals surface area (Å²) < 4.78 is 10.2. The molecule has 3 heterocycles. The Morgan fingerprint density at radius 3 is 2.67 bits per heavy atom. The van der Waals surface area contributed by atoms with Crippen LogP contribution in [-0.2, 0) is 6.54 Å². The number of nitrogens with zero attached hydrogens (tertiary/aromatic N) is 5. The summed E-state index contributed by atoms with van der Waals surface area (Å²) in [5, 5.41) is 4.04. The summed E-state index contributed by atoms with van der Waals surface area (Å²) >= 11 is 0. The van der Waals surface area contributed by atoms with Gasteiger partial charge in [0.05, 0.1) is 12.8 Å². The van der Waals surface area contributed by atoms with Gasteiger partial charge in [-0.05, 0) is 6.92 Å². The third kappa shape index (κ3) is 3.30. The molecular weight excluding hydrogens is 270 g/mol. The zero-order valence-corrected chi connectivity index (χ0v) is 12.3. The fourth-order valence-corrected chi connectivity index (χ4v) is 2.47.